The summed E-state index contributed by atoms with van der Waals surface area (Å²) < 4.78 is 5.43. The molecule has 0 radical (unpaired) electrons. The second-order valence-corrected chi connectivity index (χ2v) is 6.11. The summed E-state index contributed by atoms with van der Waals surface area (Å²) in [5.41, 5.74) is 0.135. The summed E-state index contributed by atoms with van der Waals surface area (Å²) in [6, 6.07) is 2.84. The molecule has 1 aliphatic heterocycles. The van der Waals surface area contributed by atoms with E-state index >= 15 is 0 Å². The van der Waals surface area contributed by atoms with Crippen LogP contribution in [0.5, 0.6) is 0 Å². The summed E-state index contributed by atoms with van der Waals surface area (Å²) in [4.78, 5) is 26.0. The molecule has 0 bridgehead atoms. The average molecular weight is 319 g/mol. The number of ketones is 1. The van der Waals surface area contributed by atoms with Crippen LogP contribution in [0.2, 0.25) is 0 Å². The Bertz CT molecular complexity index is 588. The number of carbonyl (C=O) groups is 2. The molecule has 2 atom stereocenters. The molecule has 1 amide bonds. The van der Waals surface area contributed by atoms with Crippen LogP contribution >= 0.6 is 0 Å². The molecule has 2 rings (SSSR count). The SMILES string of the molecule is CCCC[C@@H](CC)CN1C(=O)C(O)=C(C(C)=O)[C@H]1c1ccco1. The van der Waals surface area contributed by atoms with Gasteiger partial charge in [0, 0.05) is 6.54 Å². The third-order valence-electron chi connectivity index (χ3n) is 4.49. The van der Waals surface area contributed by atoms with E-state index in [-0.39, 0.29) is 11.4 Å². The topological polar surface area (TPSA) is 70.8 Å². The second kappa shape index (κ2) is 7.49. The van der Waals surface area contributed by atoms with Gasteiger partial charge in [-0.1, -0.05) is 33.1 Å². The lowest BCUT2D eigenvalue weighted by atomic mass is 9.97. The average Bonchev–Trinajstić information content (AvgIpc) is 3.12. The zero-order chi connectivity index (χ0) is 17.0. The first-order chi connectivity index (χ1) is 11.0. The smallest absolute Gasteiger partial charge is 0.290 e. The van der Waals surface area contributed by atoms with Crippen molar-refractivity contribution in [2.45, 2.75) is 52.5 Å². The Kier molecular flexibility index (Phi) is 5.64. The van der Waals surface area contributed by atoms with Crippen molar-refractivity contribution in [2.24, 2.45) is 5.92 Å². The van der Waals surface area contributed by atoms with Crippen LogP contribution < -0.4 is 0 Å². The van der Waals surface area contributed by atoms with Crippen molar-refractivity contribution in [3.05, 3.63) is 35.5 Å². The molecular formula is C18H25NO4. The van der Waals surface area contributed by atoms with Crippen molar-refractivity contribution in [2.75, 3.05) is 6.54 Å². The minimum Gasteiger partial charge on any atom is -0.503 e. The molecule has 126 valence electrons. The molecule has 5 heteroatoms. The fourth-order valence-corrected chi connectivity index (χ4v) is 3.14. The number of unbranched alkanes of at least 4 members (excludes halogenated alkanes) is 1. The minimum atomic E-state index is -0.620. The zero-order valence-corrected chi connectivity index (χ0v) is 14.0. The highest BCUT2D eigenvalue weighted by Gasteiger charge is 2.44. The number of aliphatic hydroxyl groups is 1. The summed E-state index contributed by atoms with van der Waals surface area (Å²) >= 11 is 0. The highest BCUT2D eigenvalue weighted by Crippen LogP contribution is 2.38. The van der Waals surface area contributed by atoms with Gasteiger partial charge in [-0.2, -0.15) is 0 Å². The van der Waals surface area contributed by atoms with Crippen LogP contribution in [0.25, 0.3) is 0 Å². The van der Waals surface area contributed by atoms with Gasteiger partial charge in [-0.25, -0.2) is 0 Å². The first-order valence-electron chi connectivity index (χ1n) is 8.29. The van der Waals surface area contributed by atoms with Gasteiger partial charge in [0.25, 0.3) is 5.91 Å². The summed E-state index contributed by atoms with van der Waals surface area (Å²) in [5, 5.41) is 10.2. The predicted octanol–water partition coefficient (Wildman–Crippen LogP) is 3.78. The van der Waals surface area contributed by atoms with Crippen LogP contribution in [-0.2, 0) is 9.59 Å². The number of aliphatic hydroxyl groups excluding tert-OH is 1. The van der Waals surface area contributed by atoms with E-state index in [9.17, 15) is 14.7 Å². The van der Waals surface area contributed by atoms with E-state index in [0.29, 0.717) is 18.2 Å². The molecule has 5 nitrogen and oxygen atoms in total. The van der Waals surface area contributed by atoms with Gasteiger partial charge in [0.15, 0.2) is 11.5 Å². The predicted molar refractivity (Wildman–Crippen MR) is 86.8 cm³/mol. The third kappa shape index (κ3) is 3.49. The third-order valence-corrected chi connectivity index (χ3v) is 4.49. The summed E-state index contributed by atoms with van der Waals surface area (Å²) in [5.74, 6) is -0.370. The molecule has 1 aliphatic rings. The number of Topliss-reactive ketones (excluding diaryl/α,β-unsaturated/α-hetero) is 1. The standard InChI is InChI=1S/C18H25NO4/c1-4-6-8-13(5-2)11-19-16(14-9-7-10-23-14)15(12(3)20)17(21)18(19)22/h7,9-10,13,16,21H,4-6,8,11H2,1-3H3/t13-,16-/m1/s1. The minimum absolute atomic E-state index is 0.135. The molecule has 0 unspecified atom stereocenters. The number of furan rings is 1. The molecule has 0 fully saturated rings. The maximum atomic E-state index is 12.5. The fourth-order valence-electron chi connectivity index (χ4n) is 3.14. The van der Waals surface area contributed by atoms with Gasteiger partial charge in [0.05, 0.1) is 11.8 Å². The van der Waals surface area contributed by atoms with E-state index in [1.807, 2.05) is 0 Å². The van der Waals surface area contributed by atoms with Gasteiger partial charge >= 0.3 is 0 Å². The first kappa shape index (κ1) is 17.3. The van der Waals surface area contributed by atoms with Crippen LogP contribution in [0.3, 0.4) is 0 Å². The maximum absolute atomic E-state index is 12.5. The number of hydrogen-bond donors (Lipinski definition) is 1. The van der Waals surface area contributed by atoms with E-state index < -0.39 is 17.7 Å². The Morgan fingerprint density at radius 3 is 2.70 bits per heavy atom. The lowest BCUT2D eigenvalue weighted by Crippen LogP contribution is -2.35. The van der Waals surface area contributed by atoms with E-state index in [0.717, 1.165) is 25.7 Å². The van der Waals surface area contributed by atoms with Crippen LogP contribution in [0.15, 0.2) is 34.1 Å². The molecule has 1 aromatic rings. The summed E-state index contributed by atoms with van der Waals surface area (Å²) in [6.07, 6.45) is 5.70. The largest absolute Gasteiger partial charge is 0.503 e. The fraction of sp³-hybridized carbons (Fsp3) is 0.556. The number of hydrogen-bond acceptors (Lipinski definition) is 4. The number of carbonyl (C=O) groups excluding carboxylic acids is 2. The van der Waals surface area contributed by atoms with E-state index in [1.54, 1.807) is 17.0 Å². The molecule has 0 aromatic carbocycles. The van der Waals surface area contributed by atoms with Crippen molar-refractivity contribution in [1.82, 2.24) is 4.90 Å². The Labute approximate surface area is 137 Å². The molecule has 0 saturated heterocycles. The Morgan fingerprint density at radius 2 is 2.17 bits per heavy atom. The van der Waals surface area contributed by atoms with Crippen LogP contribution in [0, 0.1) is 5.92 Å². The molecular weight excluding hydrogens is 294 g/mol. The Morgan fingerprint density at radius 1 is 1.43 bits per heavy atom. The molecule has 23 heavy (non-hydrogen) atoms. The van der Waals surface area contributed by atoms with Gasteiger partial charge in [-0.05, 0) is 31.4 Å². The van der Waals surface area contributed by atoms with Crippen molar-refractivity contribution in [3.8, 4) is 0 Å². The monoisotopic (exact) mass is 319 g/mol. The summed E-state index contributed by atoms with van der Waals surface area (Å²) in [6.45, 7) is 6.12. The first-order valence-corrected chi connectivity index (χ1v) is 8.29. The van der Waals surface area contributed by atoms with Crippen LogP contribution in [0.1, 0.15) is 58.3 Å². The van der Waals surface area contributed by atoms with Crippen molar-refractivity contribution < 1.29 is 19.1 Å². The second-order valence-electron chi connectivity index (χ2n) is 6.11. The van der Waals surface area contributed by atoms with E-state index in [4.69, 9.17) is 4.42 Å². The van der Waals surface area contributed by atoms with Crippen molar-refractivity contribution in [3.63, 3.8) is 0 Å². The molecule has 0 saturated carbocycles. The quantitative estimate of drug-likeness (QED) is 0.791. The van der Waals surface area contributed by atoms with Gasteiger partial charge in [-0.15, -0.1) is 0 Å². The Balaban J connectivity index is 2.30. The zero-order valence-electron chi connectivity index (χ0n) is 14.0. The highest BCUT2D eigenvalue weighted by molar-refractivity contribution is 6.07. The number of amides is 1. The molecule has 2 heterocycles. The molecule has 0 aliphatic carbocycles. The van der Waals surface area contributed by atoms with Crippen molar-refractivity contribution in [1.29, 1.82) is 0 Å². The van der Waals surface area contributed by atoms with Crippen LogP contribution in [0.4, 0.5) is 0 Å². The normalized spacial score (nSPS) is 19.5. The Hall–Kier alpha value is -2.04. The lowest BCUT2D eigenvalue weighted by Gasteiger charge is -2.28. The van der Waals surface area contributed by atoms with Gasteiger partial charge in [-0.3, -0.25) is 9.59 Å². The lowest BCUT2D eigenvalue weighted by molar-refractivity contribution is -0.130. The molecule has 1 N–H and O–H groups in total. The number of rotatable bonds is 8. The number of nitrogens with zero attached hydrogens (tertiary/aromatic N) is 1. The van der Waals surface area contributed by atoms with Gasteiger partial charge < -0.3 is 14.4 Å². The highest BCUT2D eigenvalue weighted by atomic mass is 16.3. The van der Waals surface area contributed by atoms with Crippen molar-refractivity contribution >= 4 is 11.7 Å². The van der Waals surface area contributed by atoms with E-state index in [1.165, 1.54) is 13.2 Å². The van der Waals surface area contributed by atoms with E-state index in [2.05, 4.69) is 13.8 Å². The van der Waals surface area contributed by atoms with Gasteiger partial charge in [0.2, 0.25) is 0 Å². The molecule has 1 aromatic heterocycles. The molecule has 0 spiro atoms. The van der Waals surface area contributed by atoms with Crippen LogP contribution in [-0.4, -0.2) is 28.2 Å². The van der Waals surface area contributed by atoms with Gasteiger partial charge in [0.1, 0.15) is 11.8 Å². The summed E-state index contributed by atoms with van der Waals surface area (Å²) in [7, 11) is 0. The maximum Gasteiger partial charge on any atom is 0.290 e.